The lowest BCUT2D eigenvalue weighted by Crippen LogP contribution is -2.50. The lowest BCUT2D eigenvalue weighted by Gasteiger charge is -2.56. The number of aliphatic hydroxyl groups excluding tert-OH is 1. The molecule has 4 aliphatic carbocycles. The zero-order chi connectivity index (χ0) is 19.7. The van der Waals surface area contributed by atoms with Gasteiger partial charge < -0.3 is 15.2 Å². The number of nitrogens with zero attached hydrogens (tertiary/aromatic N) is 3. The van der Waals surface area contributed by atoms with Crippen LogP contribution in [0.25, 0.3) is 5.70 Å². The number of hydrogen-bond donors (Lipinski definition) is 1. The number of aromatic nitrogens is 2. The van der Waals surface area contributed by atoms with Crippen LogP contribution < -0.4 is 0 Å². The SMILES string of the molecule is C[C@]12CC[C@H]3[C@@H](CC=C4C=C(n5ccc([N+](=O)[O-])n5)CC[C@@]43C)[C@@H]1CC[C@@H]2O. The molecule has 5 rings (SSSR count). The molecule has 0 unspecified atom stereocenters. The van der Waals surface area contributed by atoms with Crippen molar-refractivity contribution in [1.29, 1.82) is 0 Å². The summed E-state index contributed by atoms with van der Waals surface area (Å²) < 4.78 is 1.68. The predicted octanol–water partition coefficient (Wildman–Crippen LogP) is 4.57. The highest BCUT2D eigenvalue weighted by molar-refractivity contribution is 5.55. The van der Waals surface area contributed by atoms with Gasteiger partial charge in [-0.25, -0.2) is 0 Å². The first-order chi connectivity index (χ1) is 13.3. The maximum atomic E-state index is 11.0. The molecule has 0 amide bonds. The maximum absolute atomic E-state index is 11.0. The Morgan fingerprint density at radius 3 is 2.82 bits per heavy atom. The fourth-order valence-electron chi connectivity index (χ4n) is 7.04. The lowest BCUT2D eigenvalue weighted by atomic mass is 9.48. The number of aliphatic hydroxyl groups is 1. The molecule has 1 N–H and O–H groups in total. The highest BCUT2D eigenvalue weighted by atomic mass is 16.6. The Labute approximate surface area is 165 Å². The van der Waals surface area contributed by atoms with E-state index in [0.29, 0.717) is 17.8 Å². The highest BCUT2D eigenvalue weighted by Crippen LogP contribution is 2.64. The van der Waals surface area contributed by atoms with Crippen molar-refractivity contribution < 1.29 is 10.0 Å². The summed E-state index contributed by atoms with van der Waals surface area (Å²) in [4.78, 5) is 10.5. The zero-order valence-corrected chi connectivity index (χ0v) is 16.7. The minimum absolute atomic E-state index is 0.0988. The summed E-state index contributed by atoms with van der Waals surface area (Å²) in [7, 11) is 0. The van der Waals surface area contributed by atoms with Crippen LogP contribution in [0.5, 0.6) is 0 Å². The Kier molecular flexibility index (Phi) is 3.89. The summed E-state index contributed by atoms with van der Waals surface area (Å²) in [5.74, 6) is 1.87. The van der Waals surface area contributed by atoms with E-state index >= 15 is 0 Å². The molecule has 2 saturated carbocycles. The fourth-order valence-corrected chi connectivity index (χ4v) is 7.04. The van der Waals surface area contributed by atoms with Crippen LogP contribution in [0.1, 0.15) is 58.8 Å². The maximum Gasteiger partial charge on any atom is 0.390 e. The average Bonchev–Trinajstić information content (AvgIpc) is 3.27. The number of nitro groups is 1. The molecule has 6 nitrogen and oxygen atoms in total. The number of hydrogen-bond acceptors (Lipinski definition) is 4. The Hall–Kier alpha value is -1.95. The molecule has 6 heteroatoms. The Morgan fingerprint density at radius 1 is 1.25 bits per heavy atom. The molecule has 1 aromatic heterocycles. The van der Waals surface area contributed by atoms with E-state index in [1.165, 1.54) is 18.1 Å². The Bertz CT molecular complexity index is 887. The minimum Gasteiger partial charge on any atom is -0.393 e. The van der Waals surface area contributed by atoms with Gasteiger partial charge in [-0.15, -0.1) is 0 Å². The summed E-state index contributed by atoms with van der Waals surface area (Å²) >= 11 is 0. The summed E-state index contributed by atoms with van der Waals surface area (Å²) in [6.07, 6.45) is 13.7. The molecule has 150 valence electrons. The molecule has 2 fully saturated rings. The lowest BCUT2D eigenvalue weighted by molar-refractivity contribution is -0.389. The van der Waals surface area contributed by atoms with E-state index in [1.807, 2.05) is 0 Å². The first kappa shape index (κ1) is 18.1. The van der Waals surface area contributed by atoms with Crippen LogP contribution in [0.3, 0.4) is 0 Å². The molecule has 0 bridgehead atoms. The van der Waals surface area contributed by atoms with Crippen molar-refractivity contribution in [2.45, 2.75) is 64.9 Å². The second kappa shape index (κ2) is 6.02. The largest absolute Gasteiger partial charge is 0.393 e. The normalized spacial score (nSPS) is 42.1. The van der Waals surface area contributed by atoms with Crippen LogP contribution >= 0.6 is 0 Å². The molecule has 4 aliphatic rings. The number of allylic oxidation sites excluding steroid dienone is 4. The molecule has 1 heterocycles. The number of fused-ring (bicyclic) bond motifs is 5. The van der Waals surface area contributed by atoms with Gasteiger partial charge in [-0.05, 0) is 90.1 Å². The van der Waals surface area contributed by atoms with E-state index in [2.05, 4.69) is 31.1 Å². The van der Waals surface area contributed by atoms with Crippen LogP contribution in [0.2, 0.25) is 0 Å². The third kappa shape index (κ3) is 2.39. The van der Waals surface area contributed by atoms with Crippen LogP contribution in [0, 0.1) is 38.7 Å². The van der Waals surface area contributed by atoms with Gasteiger partial charge in [0.1, 0.15) is 0 Å². The van der Waals surface area contributed by atoms with Crippen molar-refractivity contribution >= 4 is 11.5 Å². The third-order valence-corrected chi connectivity index (χ3v) is 8.75. The van der Waals surface area contributed by atoms with E-state index in [0.717, 1.165) is 44.2 Å². The second-order valence-corrected chi connectivity index (χ2v) is 9.84. The van der Waals surface area contributed by atoms with Gasteiger partial charge in [0.2, 0.25) is 0 Å². The summed E-state index contributed by atoms with van der Waals surface area (Å²) in [5, 5.41) is 25.7. The van der Waals surface area contributed by atoms with Crippen molar-refractivity contribution in [3.8, 4) is 0 Å². The molecular formula is C22H29N3O3. The predicted molar refractivity (Wildman–Crippen MR) is 106 cm³/mol. The third-order valence-electron chi connectivity index (χ3n) is 8.75. The molecule has 0 aromatic carbocycles. The average molecular weight is 383 g/mol. The van der Waals surface area contributed by atoms with Gasteiger partial charge in [-0.3, -0.25) is 0 Å². The quantitative estimate of drug-likeness (QED) is 0.599. The molecule has 0 saturated heterocycles. The molecular weight excluding hydrogens is 354 g/mol. The van der Waals surface area contributed by atoms with Gasteiger partial charge in [-0.1, -0.05) is 19.9 Å². The van der Waals surface area contributed by atoms with Crippen molar-refractivity contribution in [2.75, 3.05) is 0 Å². The van der Waals surface area contributed by atoms with E-state index in [-0.39, 0.29) is 22.8 Å². The number of rotatable bonds is 2. The van der Waals surface area contributed by atoms with Crippen molar-refractivity contribution in [2.24, 2.45) is 28.6 Å². The van der Waals surface area contributed by atoms with Crippen molar-refractivity contribution in [3.05, 3.63) is 40.1 Å². The van der Waals surface area contributed by atoms with E-state index in [4.69, 9.17) is 0 Å². The van der Waals surface area contributed by atoms with Gasteiger partial charge in [-0.2, -0.15) is 4.68 Å². The van der Waals surface area contributed by atoms with E-state index in [9.17, 15) is 15.2 Å². The zero-order valence-electron chi connectivity index (χ0n) is 16.7. The van der Waals surface area contributed by atoms with Gasteiger partial charge in [0.25, 0.3) is 0 Å². The smallest absolute Gasteiger partial charge is 0.390 e. The van der Waals surface area contributed by atoms with E-state index < -0.39 is 4.92 Å². The monoisotopic (exact) mass is 383 g/mol. The molecule has 0 spiro atoms. The standard InChI is InChI=1S/C22H29N3O3/c1-21-10-7-15(24-12-9-20(23-24)25(27)28)13-14(21)3-4-16-17-5-6-19(26)22(17,2)11-8-18(16)21/h3,9,12-13,16-19,26H,4-8,10-11H2,1-2H3/t16-,17-,18-,19-,21-,22-/m0/s1. The Morgan fingerprint density at radius 2 is 2.07 bits per heavy atom. The topological polar surface area (TPSA) is 81.2 Å². The van der Waals surface area contributed by atoms with Gasteiger partial charge in [0, 0.05) is 0 Å². The fraction of sp³-hybridized carbons (Fsp3) is 0.682. The summed E-state index contributed by atoms with van der Waals surface area (Å²) in [6.45, 7) is 4.74. The Balaban J connectivity index is 1.47. The van der Waals surface area contributed by atoms with Crippen LogP contribution in [0.4, 0.5) is 5.82 Å². The first-order valence-corrected chi connectivity index (χ1v) is 10.6. The molecule has 6 atom stereocenters. The van der Waals surface area contributed by atoms with Crippen molar-refractivity contribution in [1.82, 2.24) is 9.78 Å². The highest BCUT2D eigenvalue weighted by Gasteiger charge is 2.58. The second-order valence-electron chi connectivity index (χ2n) is 9.84. The van der Waals surface area contributed by atoms with Gasteiger partial charge >= 0.3 is 5.82 Å². The molecule has 0 radical (unpaired) electrons. The van der Waals surface area contributed by atoms with Crippen molar-refractivity contribution in [3.63, 3.8) is 0 Å². The molecule has 0 aliphatic heterocycles. The van der Waals surface area contributed by atoms with Crippen LogP contribution in [-0.4, -0.2) is 25.9 Å². The van der Waals surface area contributed by atoms with Crippen LogP contribution in [0.15, 0.2) is 30.0 Å². The van der Waals surface area contributed by atoms with Gasteiger partial charge in [0.05, 0.1) is 29.2 Å². The molecule has 28 heavy (non-hydrogen) atoms. The van der Waals surface area contributed by atoms with Gasteiger partial charge in [0.15, 0.2) is 0 Å². The summed E-state index contributed by atoms with van der Waals surface area (Å²) in [6, 6.07) is 1.47. The van der Waals surface area contributed by atoms with Crippen LogP contribution in [-0.2, 0) is 0 Å². The molecule has 1 aromatic rings. The summed E-state index contributed by atoms with van der Waals surface area (Å²) in [5.41, 5.74) is 2.70. The van der Waals surface area contributed by atoms with E-state index in [1.54, 1.807) is 10.9 Å². The first-order valence-electron chi connectivity index (χ1n) is 10.6. The minimum atomic E-state index is -0.441.